The number of hydrogen-bond acceptors (Lipinski definition) is 3. The SMILES string of the molecule is CC(=O)O[C@H]1CC[C@@]2(C)C(=CC[C@@H]3[C@@H]2CC[C@]2(C)NC(=O)C[C@@H]32)C1. The van der Waals surface area contributed by atoms with Crippen molar-refractivity contribution in [1.82, 2.24) is 5.32 Å². The summed E-state index contributed by atoms with van der Waals surface area (Å²) in [4.78, 5) is 23.3. The third kappa shape index (κ3) is 2.33. The summed E-state index contributed by atoms with van der Waals surface area (Å²) in [6, 6.07) is 0. The van der Waals surface area contributed by atoms with Gasteiger partial charge in [0.2, 0.25) is 5.91 Å². The van der Waals surface area contributed by atoms with E-state index in [9.17, 15) is 9.59 Å². The predicted molar refractivity (Wildman–Crippen MR) is 91.1 cm³/mol. The van der Waals surface area contributed by atoms with Crippen molar-refractivity contribution in [1.29, 1.82) is 0 Å². The zero-order chi connectivity index (χ0) is 17.1. The van der Waals surface area contributed by atoms with E-state index in [0.29, 0.717) is 24.2 Å². The average molecular weight is 331 g/mol. The van der Waals surface area contributed by atoms with E-state index in [2.05, 4.69) is 25.2 Å². The first-order chi connectivity index (χ1) is 11.3. The van der Waals surface area contributed by atoms with E-state index in [-0.39, 0.29) is 28.9 Å². The molecule has 1 N–H and O–H groups in total. The average Bonchev–Trinajstić information content (AvgIpc) is 2.81. The van der Waals surface area contributed by atoms with Crippen molar-refractivity contribution in [3.05, 3.63) is 11.6 Å². The van der Waals surface area contributed by atoms with Crippen molar-refractivity contribution < 1.29 is 14.3 Å². The van der Waals surface area contributed by atoms with Crippen LogP contribution in [0.25, 0.3) is 0 Å². The summed E-state index contributed by atoms with van der Waals surface area (Å²) in [6.07, 6.45) is 9.53. The highest BCUT2D eigenvalue weighted by Gasteiger charge is 2.57. The molecule has 1 heterocycles. The van der Waals surface area contributed by atoms with Crippen molar-refractivity contribution in [3.63, 3.8) is 0 Å². The molecule has 0 aromatic rings. The lowest BCUT2D eigenvalue weighted by molar-refractivity contribution is -0.148. The molecule has 0 spiro atoms. The standard InChI is InChI=1S/C20H29NO3/c1-12(22)24-14-6-8-19(2)13(10-14)4-5-15-16(19)7-9-20(3)17(15)11-18(23)21-20/h4,14-17H,5-11H2,1-3H3,(H,21,23)/t14-,15+,16-,17-,19-,20-/m0/s1. The molecule has 1 amide bonds. The van der Waals surface area contributed by atoms with Crippen LogP contribution in [0.3, 0.4) is 0 Å². The number of amides is 1. The van der Waals surface area contributed by atoms with Gasteiger partial charge in [0.05, 0.1) is 0 Å². The van der Waals surface area contributed by atoms with Crippen LogP contribution in [0.4, 0.5) is 0 Å². The number of ether oxygens (including phenoxy) is 1. The summed E-state index contributed by atoms with van der Waals surface area (Å²) in [5.74, 6) is 1.83. The normalized spacial score (nSPS) is 47.0. The van der Waals surface area contributed by atoms with Crippen molar-refractivity contribution in [3.8, 4) is 0 Å². The van der Waals surface area contributed by atoms with Gasteiger partial charge in [-0.1, -0.05) is 18.6 Å². The van der Waals surface area contributed by atoms with Gasteiger partial charge >= 0.3 is 5.97 Å². The third-order valence-electron chi connectivity index (χ3n) is 7.61. The maximum Gasteiger partial charge on any atom is 0.302 e. The van der Waals surface area contributed by atoms with E-state index in [1.165, 1.54) is 18.9 Å². The van der Waals surface area contributed by atoms with E-state index >= 15 is 0 Å². The molecule has 0 unspecified atom stereocenters. The Balaban J connectivity index is 1.59. The molecule has 4 aliphatic rings. The van der Waals surface area contributed by atoms with Gasteiger partial charge in [0, 0.05) is 25.3 Å². The maximum atomic E-state index is 12.0. The molecule has 0 bridgehead atoms. The van der Waals surface area contributed by atoms with E-state index in [0.717, 1.165) is 32.1 Å². The molecule has 4 rings (SSSR count). The molecule has 1 saturated heterocycles. The van der Waals surface area contributed by atoms with Gasteiger partial charge in [-0.25, -0.2) is 0 Å². The Morgan fingerprint density at radius 1 is 1.21 bits per heavy atom. The second-order valence-electron chi connectivity index (χ2n) is 8.94. The highest BCUT2D eigenvalue weighted by Crippen LogP contribution is 2.60. The van der Waals surface area contributed by atoms with Gasteiger partial charge in [-0.3, -0.25) is 9.59 Å². The number of hydrogen-bond donors (Lipinski definition) is 1. The minimum absolute atomic E-state index is 0.00883. The summed E-state index contributed by atoms with van der Waals surface area (Å²) in [5.41, 5.74) is 1.74. The van der Waals surface area contributed by atoms with Gasteiger partial charge < -0.3 is 10.1 Å². The number of esters is 1. The molecule has 2 saturated carbocycles. The lowest BCUT2D eigenvalue weighted by atomic mass is 9.49. The smallest absolute Gasteiger partial charge is 0.302 e. The number of rotatable bonds is 1. The number of carbonyl (C=O) groups excluding carboxylic acids is 2. The van der Waals surface area contributed by atoms with Gasteiger partial charge in [-0.05, 0) is 62.2 Å². The quantitative estimate of drug-likeness (QED) is 0.592. The Bertz CT molecular complexity index is 612. The highest BCUT2D eigenvalue weighted by molar-refractivity contribution is 5.80. The molecule has 4 nitrogen and oxygen atoms in total. The highest BCUT2D eigenvalue weighted by atomic mass is 16.5. The fraction of sp³-hybridized carbons (Fsp3) is 0.800. The van der Waals surface area contributed by atoms with Gasteiger partial charge in [0.15, 0.2) is 0 Å². The predicted octanol–water partition coefficient (Wildman–Crippen LogP) is 3.36. The number of carbonyl (C=O) groups is 2. The second-order valence-corrected chi connectivity index (χ2v) is 8.94. The van der Waals surface area contributed by atoms with Crippen molar-refractivity contribution >= 4 is 11.9 Å². The second kappa shape index (κ2) is 5.34. The molecule has 4 heteroatoms. The van der Waals surface area contributed by atoms with Crippen molar-refractivity contribution in [2.45, 2.75) is 77.4 Å². The van der Waals surface area contributed by atoms with Crippen LogP contribution in [0.15, 0.2) is 11.6 Å². The minimum atomic E-state index is -0.165. The summed E-state index contributed by atoms with van der Waals surface area (Å²) in [7, 11) is 0. The fourth-order valence-corrected chi connectivity index (χ4v) is 6.38. The first-order valence-corrected chi connectivity index (χ1v) is 9.49. The van der Waals surface area contributed by atoms with Crippen LogP contribution in [0.5, 0.6) is 0 Å². The minimum Gasteiger partial charge on any atom is -0.462 e. The van der Waals surface area contributed by atoms with Crippen molar-refractivity contribution in [2.75, 3.05) is 0 Å². The first-order valence-electron chi connectivity index (χ1n) is 9.49. The molecule has 3 fully saturated rings. The molecule has 24 heavy (non-hydrogen) atoms. The Morgan fingerprint density at radius 3 is 2.75 bits per heavy atom. The summed E-state index contributed by atoms with van der Waals surface area (Å²) in [6.45, 7) is 6.18. The zero-order valence-corrected chi connectivity index (χ0v) is 15.1. The third-order valence-corrected chi connectivity index (χ3v) is 7.61. The van der Waals surface area contributed by atoms with Crippen LogP contribution in [-0.4, -0.2) is 23.5 Å². The van der Waals surface area contributed by atoms with Crippen LogP contribution >= 0.6 is 0 Å². The van der Waals surface area contributed by atoms with Gasteiger partial charge in [-0.2, -0.15) is 0 Å². The van der Waals surface area contributed by atoms with Gasteiger partial charge in [0.25, 0.3) is 0 Å². The molecule has 0 aromatic carbocycles. The zero-order valence-electron chi connectivity index (χ0n) is 15.1. The number of fused-ring (bicyclic) bond motifs is 5. The van der Waals surface area contributed by atoms with Gasteiger partial charge in [0.1, 0.15) is 6.10 Å². The Hall–Kier alpha value is -1.32. The summed E-state index contributed by atoms with van der Waals surface area (Å²) in [5, 5.41) is 3.26. The molecular formula is C20H29NO3. The molecule has 1 aliphatic heterocycles. The van der Waals surface area contributed by atoms with Crippen LogP contribution < -0.4 is 5.32 Å². The molecule has 6 atom stereocenters. The lowest BCUT2D eigenvalue weighted by Crippen LogP contribution is -2.55. The van der Waals surface area contributed by atoms with E-state index < -0.39 is 0 Å². The molecular weight excluding hydrogens is 302 g/mol. The Labute approximate surface area is 144 Å². The molecule has 0 radical (unpaired) electrons. The molecule has 3 aliphatic carbocycles. The molecule has 132 valence electrons. The number of allylic oxidation sites excluding steroid dienone is 1. The topological polar surface area (TPSA) is 55.4 Å². The molecule has 0 aromatic heterocycles. The fourth-order valence-electron chi connectivity index (χ4n) is 6.38. The first kappa shape index (κ1) is 16.2. The summed E-state index contributed by atoms with van der Waals surface area (Å²) < 4.78 is 5.49. The monoisotopic (exact) mass is 331 g/mol. The Kier molecular flexibility index (Phi) is 3.59. The van der Waals surface area contributed by atoms with Crippen LogP contribution in [0, 0.1) is 23.2 Å². The van der Waals surface area contributed by atoms with Crippen LogP contribution in [0.1, 0.15) is 65.7 Å². The lowest BCUT2D eigenvalue weighted by Gasteiger charge is -2.56. The summed E-state index contributed by atoms with van der Waals surface area (Å²) >= 11 is 0. The largest absolute Gasteiger partial charge is 0.462 e. The van der Waals surface area contributed by atoms with Crippen molar-refractivity contribution in [2.24, 2.45) is 23.2 Å². The van der Waals surface area contributed by atoms with Gasteiger partial charge in [-0.15, -0.1) is 0 Å². The van der Waals surface area contributed by atoms with E-state index in [4.69, 9.17) is 4.74 Å². The van der Waals surface area contributed by atoms with Crippen LogP contribution in [0.2, 0.25) is 0 Å². The number of nitrogens with one attached hydrogen (secondary N) is 1. The Morgan fingerprint density at radius 2 is 2.00 bits per heavy atom. The van der Waals surface area contributed by atoms with E-state index in [1.54, 1.807) is 0 Å². The van der Waals surface area contributed by atoms with E-state index in [1.807, 2.05) is 0 Å². The van der Waals surface area contributed by atoms with Crippen LogP contribution in [-0.2, 0) is 14.3 Å². The maximum absolute atomic E-state index is 12.0.